The minimum Gasteiger partial charge on any atom is -0.490 e. The number of para-hydroxylation sites is 2. The summed E-state index contributed by atoms with van der Waals surface area (Å²) in [7, 11) is 0. The number of hydrogen-bond acceptors (Lipinski definition) is 5. The van der Waals surface area contributed by atoms with E-state index in [1.54, 1.807) is 6.07 Å². The highest BCUT2D eigenvalue weighted by Crippen LogP contribution is 2.36. The van der Waals surface area contributed by atoms with Crippen LogP contribution >= 0.6 is 23.2 Å². The number of nitrogens with zero attached hydrogens (tertiary/aromatic N) is 1. The van der Waals surface area contributed by atoms with Crippen molar-refractivity contribution >= 4 is 29.0 Å². The average Bonchev–Trinajstić information content (AvgIpc) is 2.49. The minimum atomic E-state index is 0.196. The van der Waals surface area contributed by atoms with E-state index >= 15 is 0 Å². The number of benzene rings is 1. The predicted octanol–water partition coefficient (Wildman–Crippen LogP) is 4.26. The second kappa shape index (κ2) is 7.36. The van der Waals surface area contributed by atoms with Crippen LogP contribution in [0.2, 0.25) is 10.0 Å². The van der Waals surface area contributed by atoms with Crippen LogP contribution in [0, 0.1) is 0 Å². The van der Waals surface area contributed by atoms with Gasteiger partial charge in [-0.05, 0) is 24.6 Å². The van der Waals surface area contributed by atoms with Crippen LogP contribution in [0.4, 0.5) is 5.82 Å². The summed E-state index contributed by atoms with van der Waals surface area (Å²) >= 11 is 12.0. The van der Waals surface area contributed by atoms with Crippen molar-refractivity contribution in [3.05, 3.63) is 40.4 Å². The van der Waals surface area contributed by atoms with E-state index in [0.717, 1.165) is 6.42 Å². The molecule has 0 unspecified atom stereocenters. The van der Waals surface area contributed by atoms with E-state index in [9.17, 15) is 0 Å². The molecule has 21 heavy (non-hydrogen) atoms. The Morgan fingerprint density at radius 3 is 2.57 bits per heavy atom. The second-order valence-corrected chi connectivity index (χ2v) is 4.96. The van der Waals surface area contributed by atoms with E-state index in [1.807, 2.05) is 25.1 Å². The van der Waals surface area contributed by atoms with Crippen molar-refractivity contribution in [2.24, 2.45) is 5.84 Å². The van der Waals surface area contributed by atoms with Gasteiger partial charge in [0.05, 0.1) is 11.6 Å². The highest BCUT2D eigenvalue weighted by molar-refractivity contribution is 6.36. The first-order chi connectivity index (χ1) is 10.2. The molecule has 0 saturated carbocycles. The third kappa shape index (κ3) is 3.91. The summed E-state index contributed by atoms with van der Waals surface area (Å²) in [6, 6.07) is 8.79. The Hall–Kier alpha value is -1.69. The summed E-state index contributed by atoms with van der Waals surface area (Å²) in [6.45, 7) is 2.62. The van der Waals surface area contributed by atoms with Crippen LogP contribution in [0.5, 0.6) is 17.4 Å². The van der Waals surface area contributed by atoms with Crippen molar-refractivity contribution in [2.45, 2.75) is 13.3 Å². The van der Waals surface area contributed by atoms with Crippen molar-refractivity contribution in [2.75, 3.05) is 12.0 Å². The smallest absolute Gasteiger partial charge is 0.240 e. The molecular weight excluding hydrogens is 313 g/mol. The molecule has 0 amide bonds. The SMILES string of the molecule is CCCOc1ccccc1Oc1nc(NN)c(Cl)cc1Cl. The highest BCUT2D eigenvalue weighted by Gasteiger charge is 2.13. The predicted molar refractivity (Wildman–Crippen MR) is 84.4 cm³/mol. The molecule has 0 saturated heterocycles. The van der Waals surface area contributed by atoms with Crippen molar-refractivity contribution < 1.29 is 9.47 Å². The van der Waals surface area contributed by atoms with E-state index in [2.05, 4.69) is 10.4 Å². The molecule has 112 valence electrons. The van der Waals surface area contributed by atoms with Crippen LogP contribution in [-0.4, -0.2) is 11.6 Å². The van der Waals surface area contributed by atoms with Gasteiger partial charge >= 0.3 is 0 Å². The lowest BCUT2D eigenvalue weighted by Crippen LogP contribution is -2.09. The van der Waals surface area contributed by atoms with Gasteiger partial charge in [0.2, 0.25) is 5.88 Å². The number of nitrogens with two attached hydrogens (primary N) is 1. The molecule has 0 aliphatic heterocycles. The molecule has 5 nitrogen and oxygen atoms in total. The normalized spacial score (nSPS) is 10.3. The average molecular weight is 328 g/mol. The van der Waals surface area contributed by atoms with Gasteiger partial charge in [0.25, 0.3) is 0 Å². The maximum absolute atomic E-state index is 6.08. The van der Waals surface area contributed by atoms with Gasteiger partial charge in [-0.25, -0.2) is 5.84 Å². The fourth-order valence-corrected chi connectivity index (χ4v) is 2.04. The third-order valence-electron chi connectivity index (χ3n) is 2.55. The third-order valence-corrected chi connectivity index (χ3v) is 3.11. The van der Waals surface area contributed by atoms with Crippen LogP contribution in [0.1, 0.15) is 13.3 Å². The van der Waals surface area contributed by atoms with E-state index in [4.69, 9.17) is 38.5 Å². The zero-order valence-electron chi connectivity index (χ0n) is 11.4. The van der Waals surface area contributed by atoms with E-state index in [1.165, 1.54) is 6.07 Å². The molecular formula is C14H15Cl2N3O2. The Balaban J connectivity index is 2.30. The van der Waals surface area contributed by atoms with Gasteiger partial charge in [0.15, 0.2) is 17.3 Å². The van der Waals surface area contributed by atoms with Crippen LogP contribution in [0.25, 0.3) is 0 Å². The summed E-state index contributed by atoms with van der Waals surface area (Å²) in [5.41, 5.74) is 2.38. The minimum absolute atomic E-state index is 0.196. The Morgan fingerprint density at radius 1 is 1.19 bits per heavy atom. The lowest BCUT2D eigenvalue weighted by molar-refractivity contribution is 0.301. The number of pyridine rings is 1. The fraction of sp³-hybridized carbons (Fsp3) is 0.214. The number of nitrogens with one attached hydrogen (secondary N) is 1. The maximum Gasteiger partial charge on any atom is 0.240 e. The molecule has 1 aromatic heterocycles. The Bertz CT molecular complexity index is 623. The number of anilines is 1. The molecule has 0 radical (unpaired) electrons. The number of hydrazine groups is 1. The van der Waals surface area contributed by atoms with E-state index in [-0.39, 0.29) is 16.7 Å². The fourth-order valence-electron chi connectivity index (χ4n) is 1.59. The number of hydrogen-bond donors (Lipinski definition) is 2. The van der Waals surface area contributed by atoms with Crippen molar-refractivity contribution in [3.8, 4) is 17.4 Å². The van der Waals surface area contributed by atoms with Crippen molar-refractivity contribution in [3.63, 3.8) is 0 Å². The zero-order chi connectivity index (χ0) is 15.2. The second-order valence-electron chi connectivity index (χ2n) is 4.15. The van der Waals surface area contributed by atoms with Crippen molar-refractivity contribution in [1.29, 1.82) is 0 Å². The number of aromatic nitrogens is 1. The van der Waals surface area contributed by atoms with Gasteiger partial charge in [-0.1, -0.05) is 42.3 Å². The van der Waals surface area contributed by atoms with Crippen molar-refractivity contribution in [1.82, 2.24) is 4.98 Å². The van der Waals surface area contributed by atoms with E-state index in [0.29, 0.717) is 23.1 Å². The molecule has 7 heteroatoms. The van der Waals surface area contributed by atoms with E-state index < -0.39 is 0 Å². The summed E-state index contributed by atoms with van der Waals surface area (Å²) in [4.78, 5) is 4.13. The number of nitrogen functional groups attached to an aromatic ring is 1. The summed E-state index contributed by atoms with van der Waals surface area (Å²) in [5.74, 6) is 6.95. The summed E-state index contributed by atoms with van der Waals surface area (Å²) in [5, 5.41) is 0.592. The van der Waals surface area contributed by atoms with Gasteiger partial charge < -0.3 is 14.9 Å². The molecule has 0 aliphatic rings. The van der Waals surface area contributed by atoms with Gasteiger partial charge in [-0.2, -0.15) is 4.98 Å². The quantitative estimate of drug-likeness (QED) is 0.613. The number of rotatable bonds is 6. The zero-order valence-corrected chi connectivity index (χ0v) is 12.9. The van der Waals surface area contributed by atoms with Gasteiger partial charge in [0, 0.05) is 0 Å². The Kier molecular flexibility index (Phi) is 5.50. The molecule has 0 atom stereocenters. The largest absolute Gasteiger partial charge is 0.490 e. The van der Waals surface area contributed by atoms with Crippen LogP contribution in [0.3, 0.4) is 0 Å². The first-order valence-electron chi connectivity index (χ1n) is 6.38. The van der Waals surface area contributed by atoms with Gasteiger partial charge in [0.1, 0.15) is 5.02 Å². The van der Waals surface area contributed by atoms with Crippen LogP contribution in [-0.2, 0) is 0 Å². The molecule has 0 aliphatic carbocycles. The van der Waals surface area contributed by atoms with Crippen LogP contribution < -0.4 is 20.7 Å². The molecule has 0 fully saturated rings. The highest BCUT2D eigenvalue weighted by atomic mass is 35.5. The number of halogens is 2. The first kappa shape index (κ1) is 15.7. The monoisotopic (exact) mass is 327 g/mol. The van der Waals surface area contributed by atoms with Gasteiger partial charge in [-0.15, -0.1) is 0 Å². The molecule has 1 heterocycles. The molecule has 1 aromatic carbocycles. The van der Waals surface area contributed by atoms with Gasteiger partial charge in [-0.3, -0.25) is 0 Å². The lowest BCUT2D eigenvalue weighted by atomic mass is 10.3. The first-order valence-corrected chi connectivity index (χ1v) is 7.13. The number of ether oxygens (including phenoxy) is 2. The molecule has 3 N–H and O–H groups in total. The maximum atomic E-state index is 6.08. The molecule has 2 rings (SSSR count). The molecule has 2 aromatic rings. The van der Waals surface area contributed by atoms with Crippen LogP contribution in [0.15, 0.2) is 30.3 Å². The summed E-state index contributed by atoms with van der Waals surface area (Å²) in [6.07, 6.45) is 0.898. The summed E-state index contributed by atoms with van der Waals surface area (Å²) < 4.78 is 11.3. The molecule has 0 spiro atoms. The Labute approximate surface area is 132 Å². The molecule has 0 bridgehead atoms. The lowest BCUT2D eigenvalue weighted by Gasteiger charge is -2.13. The topological polar surface area (TPSA) is 69.4 Å². The standard InChI is InChI=1S/C14H15Cl2N3O2/c1-2-7-20-11-5-3-4-6-12(11)21-14-10(16)8-9(15)13(18-14)19-17/h3-6,8H,2,7,17H2,1H3,(H,18,19). The Morgan fingerprint density at radius 2 is 1.90 bits per heavy atom.